The van der Waals surface area contributed by atoms with Crippen LogP contribution in [0, 0.1) is 0 Å². The summed E-state index contributed by atoms with van der Waals surface area (Å²) < 4.78 is 113. The number of carboxylic acids is 2. The SMILES string of the molecule is CC(=O)NC1C(O)OC(CO)C(OS(=O)(=O)O)C1OC1OC(C(=O)O)C(OC2OC(CO)C(OS(=O)(=O)O)C(OC3OC(C(=O)O)=CC(O)C3O)C2NC(C)=O)C(O)C1O. The number of nitrogens with one attached hydrogen (secondary N) is 2. The van der Waals surface area contributed by atoms with Crippen molar-refractivity contribution in [2.45, 2.75) is 124 Å². The molecule has 0 aromatic carbocycles. The molecule has 32 heteroatoms. The van der Waals surface area contributed by atoms with Crippen LogP contribution in [0.2, 0.25) is 0 Å². The highest BCUT2D eigenvalue weighted by molar-refractivity contribution is 7.81. The number of ether oxygens (including phenoxy) is 7. The Bertz CT molecular complexity index is 1820. The zero-order chi connectivity index (χ0) is 45.2. The summed E-state index contributed by atoms with van der Waals surface area (Å²) in [5.41, 5.74) is 0. The lowest BCUT2D eigenvalue weighted by Gasteiger charge is -2.49. The highest BCUT2D eigenvalue weighted by atomic mass is 32.3. The molecule has 0 aliphatic carbocycles. The molecular weight excluding hydrogens is 876 g/mol. The maximum atomic E-state index is 12.6. The molecule has 3 fully saturated rings. The topological polar surface area (TPSA) is 466 Å². The van der Waals surface area contributed by atoms with E-state index in [-0.39, 0.29) is 0 Å². The molecule has 344 valence electrons. The molecule has 13 N–H and O–H groups in total. The fourth-order valence-corrected chi connectivity index (χ4v) is 7.52. The summed E-state index contributed by atoms with van der Waals surface area (Å²) in [7, 11) is -11.0. The number of rotatable bonds is 16. The molecule has 60 heavy (non-hydrogen) atoms. The van der Waals surface area contributed by atoms with E-state index in [1.165, 1.54) is 0 Å². The smallest absolute Gasteiger partial charge is 0.397 e. The van der Waals surface area contributed by atoms with Crippen molar-refractivity contribution < 1.29 is 133 Å². The third kappa shape index (κ3) is 12.0. The van der Waals surface area contributed by atoms with Gasteiger partial charge in [-0.2, -0.15) is 16.8 Å². The summed E-state index contributed by atoms with van der Waals surface area (Å²) in [4.78, 5) is 48.7. The van der Waals surface area contributed by atoms with Gasteiger partial charge in [-0.1, -0.05) is 0 Å². The maximum absolute atomic E-state index is 12.6. The molecule has 0 saturated carbocycles. The van der Waals surface area contributed by atoms with Crippen LogP contribution in [0.5, 0.6) is 0 Å². The van der Waals surface area contributed by atoms with Crippen LogP contribution >= 0.6 is 0 Å². The second-order valence-corrected chi connectivity index (χ2v) is 15.3. The fourth-order valence-electron chi connectivity index (χ4n) is 6.49. The second kappa shape index (κ2) is 19.8. The van der Waals surface area contributed by atoms with E-state index in [9.17, 15) is 91.1 Å². The van der Waals surface area contributed by atoms with E-state index in [1.54, 1.807) is 0 Å². The molecule has 0 spiro atoms. The minimum absolute atomic E-state index is 0.548. The summed E-state index contributed by atoms with van der Waals surface area (Å²) >= 11 is 0. The van der Waals surface area contributed by atoms with Crippen LogP contribution in [0.15, 0.2) is 11.8 Å². The quantitative estimate of drug-likeness (QED) is 0.0639. The summed E-state index contributed by atoms with van der Waals surface area (Å²) in [6.45, 7) is -0.683. The Labute approximate surface area is 336 Å². The van der Waals surface area contributed by atoms with Gasteiger partial charge in [0.1, 0.15) is 79.2 Å². The van der Waals surface area contributed by atoms with Gasteiger partial charge in [-0.05, 0) is 6.08 Å². The summed E-state index contributed by atoms with van der Waals surface area (Å²) in [5, 5.41) is 97.7. The number of aliphatic carboxylic acids is 2. The average molecular weight is 919 g/mol. The average Bonchev–Trinajstić information content (AvgIpc) is 3.12. The first-order valence-electron chi connectivity index (χ1n) is 17.0. The van der Waals surface area contributed by atoms with Gasteiger partial charge in [0.05, 0.1) is 13.2 Å². The number of amides is 2. The zero-order valence-electron chi connectivity index (χ0n) is 30.6. The van der Waals surface area contributed by atoms with E-state index in [4.69, 9.17) is 33.2 Å². The molecular formula is C28H42N2O28S2. The van der Waals surface area contributed by atoms with Gasteiger partial charge < -0.3 is 89.8 Å². The molecule has 18 atom stereocenters. The molecule has 3 saturated heterocycles. The lowest BCUT2D eigenvalue weighted by atomic mass is 9.94. The molecule has 4 aliphatic rings. The lowest BCUT2D eigenvalue weighted by Crippen LogP contribution is -2.70. The molecule has 30 nitrogen and oxygen atoms in total. The molecule has 2 amide bonds. The van der Waals surface area contributed by atoms with Crippen molar-refractivity contribution in [3.8, 4) is 0 Å². The molecule has 0 aromatic heterocycles. The van der Waals surface area contributed by atoms with Gasteiger partial charge in [-0.25, -0.2) is 18.0 Å². The Morgan fingerprint density at radius 3 is 1.62 bits per heavy atom. The van der Waals surface area contributed by atoms with Crippen LogP contribution in [-0.4, -0.2) is 219 Å². The highest BCUT2D eigenvalue weighted by Gasteiger charge is 2.58. The van der Waals surface area contributed by atoms with Gasteiger partial charge in [0.2, 0.25) is 23.9 Å². The Hall–Kier alpha value is -3.36. The van der Waals surface area contributed by atoms with Crippen LogP contribution in [0.4, 0.5) is 0 Å². The number of carbonyl (C=O) groups excluding carboxylic acids is 2. The Kier molecular flexibility index (Phi) is 16.3. The van der Waals surface area contributed by atoms with E-state index in [0.29, 0.717) is 6.08 Å². The van der Waals surface area contributed by atoms with Crippen molar-refractivity contribution in [3.63, 3.8) is 0 Å². The Morgan fingerprint density at radius 1 is 0.650 bits per heavy atom. The van der Waals surface area contributed by atoms with Gasteiger partial charge in [-0.3, -0.25) is 18.7 Å². The van der Waals surface area contributed by atoms with Crippen molar-refractivity contribution in [3.05, 3.63) is 11.8 Å². The maximum Gasteiger partial charge on any atom is 0.397 e. The fraction of sp³-hybridized carbons (Fsp3) is 0.786. The Balaban J connectivity index is 1.73. The standard InChI is InChI=1S/C28H42N2O28S2/c1-6(33)29-12-19(17(57-59(44,45)46)10(4-31)50-25(12)43)53-28-16(38)15(37)21(22(56-28)24(41)42)55-26-13(30-7(2)34)20(18(11(5-32)52-26)58-60(47,48)49)54-27-14(36)8(35)3-9(51-27)23(39)40/h3,8,10-22,25-28,31-32,35-38,43H,4-5H2,1-2H3,(H,29,33)(H,30,34)(H,39,40)(H,41,42)(H,44,45,46)(H,47,48,49). The second-order valence-electron chi connectivity index (χ2n) is 13.3. The monoisotopic (exact) mass is 918 g/mol. The van der Waals surface area contributed by atoms with Crippen LogP contribution in [0.3, 0.4) is 0 Å². The molecule has 0 bridgehead atoms. The lowest BCUT2D eigenvalue weighted by molar-refractivity contribution is -0.362. The van der Waals surface area contributed by atoms with E-state index in [0.717, 1.165) is 13.8 Å². The zero-order valence-corrected chi connectivity index (χ0v) is 32.2. The van der Waals surface area contributed by atoms with Crippen molar-refractivity contribution >= 4 is 44.6 Å². The third-order valence-electron chi connectivity index (χ3n) is 8.94. The van der Waals surface area contributed by atoms with E-state index < -0.39 is 174 Å². The first-order valence-corrected chi connectivity index (χ1v) is 19.7. The summed E-state index contributed by atoms with van der Waals surface area (Å²) in [5.74, 6) is -6.83. The first-order chi connectivity index (χ1) is 27.8. The van der Waals surface area contributed by atoms with Gasteiger partial charge >= 0.3 is 32.7 Å². The number of hydrogen-bond acceptors (Lipinski definition) is 24. The van der Waals surface area contributed by atoms with Crippen LogP contribution in [-0.2, 0) is 81.5 Å². The minimum atomic E-state index is -5.56. The van der Waals surface area contributed by atoms with Crippen LogP contribution in [0.25, 0.3) is 0 Å². The van der Waals surface area contributed by atoms with Gasteiger partial charge in [-0.15, -0.1) is 0 Å². The molecule has 18 unspecified atom stereocenters. The normalized spacial score (nSPS) is 40.1. The van der Waals surface area contributed by atoms with Crippen LogP contribution < -0.4 is 10.6 Å². The number of hydrogen-bond donors (Lipinski definition) is 13. The van der Waals surface area contributed by atoms with E-state index in [2.05, 4.69) is 19.0 Å². The third-order valence-corrected chi connectivity index (χ3v) is 9.87. The molecule has 4 aliphatic heterocycles. The van der Waals surface area contributed by atoms with Crippen LogP contribution in [0.1, 0.15) is 13.8 Å². The summed E-state index contributed by atoms with van der Waals surface area (Å²) in [6.07, 6.45) is -35.6. The Morgan fingerprint density at radius 2 is 1.13 bits per heavy atom. The van der Waals surface area contributed by atoms with Crippen molar-refractivity contribution in [2.24, 2.45) is 0 Å². The van der Waals surface area contributed by atoms with Gasteiger partial charge in [0.15, 0.2) is 25.0 Å². The molecule has 4 heterocycles. The van der Waals surface area contributed by atoms with Gasteiger partial charge in [0.25, 0.3) is 0 Å². The largest absolute Gasteiger partial charge is 0.479 e. The molecule has 4 rings (SSSR count). The number of aliphatic hydroxyl groups is 7. The van der Waals surface area contributed by atoms with Crippen molar-refractivity contribution in [2.75, 3.05) is 13.2 Å². The highest BCUT2D eigenvalue weighted by Crippen LogP contribution is 2.36. The number of carboxylic acid groups (broad SMARTS) is 2. The summed E-state index contributed by atoms with van der Waals surface area (Å²) in [6, 6.07) is -3.98. The van der Waals surface area contributed by atoms with E-state index >= 15 is 0 Å². The predicted octanol–water partition coefficient (Wildman–Crippen LogP) is -8.47. The van der Waals surface area contributed by atoms with E-state index in [1.807, 2.05) is 0 Å². The van der Waals surface area contributed by atoms with Gasteiger partial charge in [0, 0.05) is 13.8 Å². The molecule has 0 radical (unpaired) electrons. The first kappa shape index (κ1) is 49.3. The molecule has 0 aromatic rings. The van der Waals surface area contributed by atoms with Crippen molar-refractivity contribution in [1.82, 2.24) is 10.6 Å². The number of carbonyl (C=O) groups is 4. The van der Waals surface area contributed by atoms with Crippen molar-refractivity contribution in [1.29, 1.82) is 0 Å². The predicted molar refractivity (Wildman–Crippen MR) is 177 cm³/mol. The minimum Gasteiger partial charge on any atom is -0.479 e. The number of aliphatic hydroxyl groups excluding tert-OH is 7.